The van der Waals surface area contributed by atoms with E-state index in [0.29, 0.717) is 0 Å². The molecule has 1 saturated carbocycles. The number of hydrogen-bond donors (Lipinski definition) is 3. The molecule has 3 aromatic carbocycles. The van der Waals surface area contributed by atoms with Crippen molar-refractivity contribution in [1.82, 2.24) is 19.5 Å². The lowest BCUT2D eigenvalue weighted by molar-refractivity contribution is -0.345. The summed E-state index contributed by atoms with van der Waals surface area (Å²) in [6.07, 6.45) is -1.77. The zero-order chi connectivity index (χ0) is 32.3. The Bertz CT molecular complexity index is 1800. The van der Waals surface area contributed by atoms with Crippen LogP contribution in [0.3, 0.4) is 0 Å². The average Bonchev–Trinajstić information content (AvgIpc) is 3.27. The van der Waals surface area contributed by atoms with Crippen LogP contribution < -0.4 is 11.3 Å². The number of aromatic nitrogens is 4. The van der Waals surface area contributed by atoms with E-state index < -0.39 is 40.6 Å². The van der Waals surface area contributed by atoms with Gasteiger partial charge >= 0.3 is 0 Å². The number of fused-ring (bicyclic) bond motifs is 1. The first kappa shape index (κ1) is 30.3. The zero-order valence-corrected chi connectivity index (χ0v) is 26.0. The predicted octanol–water partition coefficient (Wildman–Crippen LogP) is 3.98. The number of anilines is 1. The third kappa shape index (κ3) is 3.86. The molecule has 2 aliphatic rings. The Balaban J connectivity index is 1.56. The standard InChI is InChI=1S/C35H37N5O6/c1-21(2)27-34(28(43-3)26(41)31(45-34)40-20-37-25-29(40)38-32(36)39-30(25)42)35(27,46-44-4)33(22-14-8-5-9-15-22,23-16-10-6-11-17-23)24-18-12-7-13-19-24/h5-21,26-28,31,41H,1-4H3,(H3,36,38,39,42)/t26-,27?,28+,31-,34+,35?/m1/s1. The summed E-state index contributed by atoms with van der Waals surface area (Å²) in [5.74, 6) is -0.517. The monoisotopic (exact) mass is 623 g/mol. The molecule has 6 atom stereocenters. The Labute approximate surface area is 265 Å². The molecule has 1 aliphatic heterocycles. The molecule has 46 heavy (non-hydrogen) atoms. The number of benzene rings is 3. The van der Waals surface area contributed by atoms with E-state index in [9.17, 15) is 9.90 Å². The number of rotatable bonds is 9. The van der Waals surface area contributed by atoms with Crippen molar-refractivity contribution in [1.29, 1.82) is 0 Å². The Hall–Kier alpha value is -4.39. The summed E-state index contributed by atoms with van der Waals surface area (Å²) in [5, 5.41) is 12.1. The third-order valence-electron chi connectivity index (χ3n) is 9.78. The normalized spacial score (nSPS) is 27.5. The molecule has 1 saturated heterocycles. The van der Waals surface area contributed by atoms with Gasteiger partial charge in [-0.1, -0.05) is 105 Å². The summed E-state index contributed by atoms with van der Waals surface area (Å²) in [7, 11) is 3.04. The maximum atomic E-state index is 12.7. The Kier molecular flexibility index (Phi) is 7.33. The van der Waals surface area contributed by atoms with Crippen LogP contribution in [0.1, 0.15) is 36.8 Å². The second-order valence-electron chi connectivity index (χ2n) is 12.3. The highest BCUT2D eigenvalue weighted by Crippen LogP contribution is 2.77. The van der Waals surface area contributed by atoms with E-state index in [1.165, 1.54) is 18.0 Å². The topological polar surface area (TPSA) is 147 Å². The molecule has 11 heteroatoms. The van der Waals surface area contributed by atoms with Crippen molar-refractivity contribution in [3.8, 4) is 0 Å². The number of H-pyrrole nitrogens is 1. The van der Waals surface area contributed by atoms with Crippen LogP contribution in [0.15, 0.2) is 102 Å². The van der Waals surface area contributed by atoms with Crippen molar-refractivity contribution in [2.45, 2.75) is 48.9 Å². The summed E-state index contributed by atoms with van der Waals surface area (Å²) >= 11 is 0. The quantitative estimate of drug-likeness (QED) is 0.126. The summed E-state index contributed by atoms with van der Waals surface area (Å²) in [6, 6.07) is 30.4. The molecule has 1 spiro atoms. The molecule has 0 radical (unpaired) electrons. The van der Waals surface area contributed by atoms with Crippen molar-refractivity contribution >= 4 is 17.1 Å². The van der Waals surface area contributed by atoms with Crippen LogP contribution in [-0.4, -0.2) is 62.3 Å². The maximum absolute atomic E-state index is 12.7. The van der Waals surface area contributed by atoms with Crippen LogP contribution in [0.25, 0.3) is 11.2 Å². The Morgan fingerprint density at radius 1 is 0.957 bits per heavy atom. The molecule has 0 amide bonds. The fourth-order valence-electron chi connectivity index (χ4n) is 8.44. The van der Waals surface area contributed by atoms with Crippen LogP contribution >= 0.6 is 0 Å². The van der Waals surface area contributed by atoms with Crippen LogP contribution in [0.5, 0.6) is 0 Å². The van der Waals surface area contributed by atoms with Gasteiger partial charge in [0.05, 0.1) is 18.9 Å². The molecule has 7 rings (SSSR count). The van der Waals surface area contributed by atoms with Gasteiger partial charge in [-0.3, -0.25) is 14.3 Å². The largest absolute Gasteiger partial charge is 0.386 e. The number of aliphatic hydroxyl groups is 1. The number of methoxy groups -OCH3 is 1. The number of aromatic amines is 1. The van der Waals surface area contributed by atoms with Crippen molar-refractivity contribution in [3.05, 3.63) is 124 Å². The number of ether oxygens (including phenoxy) is 2. The molecule has 5 aromatic rings. The minimum atomic E-state index is -1.30. The number of nitrogens with zero attached hydrogens (tertiary/aromatic N) is 3. The average molecular weight is 624 g/mol. The fourth-order valence-corrected chi connectivity index (χ4v) is 8.44. The third-order valence-corrected chi connectivity index (χ3v) is 9.78. The number of nitrogen functional groups attached to an aromatic ring is 1. The van der Waals surface area contributed by atoms with E-state index in [0.717, 1.165) is 16.7 Å². The van der Waals surface area contributed by atoms with Gasteiger partial charge in [-0.25, -0.2) is 14.8 Å². The van der Waals surface area contributed by atoms with Crippen molar-refractivity contribution in [2.75, 3.05) is 20.0 Å². The van der Waals surface area contributed by atoms with E-state index in [-0.39, 0.29) is 28.9 Å². The summed E-state index contributed by atoms with van der Waals surface area (Å²) in [5.41, 5.74) is 4.88. The lowest BCUT2D eigenvalue weighted by Crippen LogP contribution is -2.54. The summed E-state index contributed by atoms with van der Waals surface area (Å²) in [4.78, 5) is 36.3. The van der Waals surface area contributed by atoms with Gasteiger partial charge in [0.15, 0.2) is 23.0 Å². The fraction of sp³-hybridized carbons (Fsp3) is 0.343. The van der Waals surface area contributed by atoms with Gasteiger partial charge < -0.3 is 20.3 Å². The van der Waals surface area contributed by atoms with Crippen molar-refractivity contribution in [2.24, 2.45) is 11.8 Å². The smallest absolute Gasteiger partial charge is 0.280 e. The highest BCUT2D eigenvalue weighted by Gasteiger charge is 2.94. The van der Waals surface area contributed by atoms with Gasteiger partial charge in [0.1, 0.15) is 17.8 Å². The SMILES string of the molecule is COOC1(C(c2ccccc2)(c2ccccc2)c2ccccc2)C(C(C)C)[C@@]12O[C@@H](n1cnc3c(=O)[nH]c(N)nc31)[C@H](O)[C@@H]2OC. The molecule has 11 nitrogen and oxygen atoms in total. The van der Waals surface area contributed by atoms with Gasteiger partial charge in [-0.2, -0.15) is 4.98 Å². The highest BCUT2D eigenvalue weighted by molar-refractivity contribution is 5.71. The molecular weight excluding hydrogens is 586 g/mol. The first-order chi connectivity index (χ1) is 22.3. The van der Waals surface area contributed by atoms with Crippen LogP contribution in [0.2, 0.25) is 0 Å². The molecule has 2 aromatic heterocycles. The molecule has 238 valence electrons. The first-order valence-electron chi connectivity index (χ1n) is 15.3. The number of aliphatic hydroxyl groups excluding tert-OH is 1. The van der Waals surface area contributed by atoms with Gasteiger partial charge in [-0.15, -0.1) is 0 Å². The first-order valence-corrected chi connectivity index (χ1v) is 15.3. The van der Waals surface area contributed by atoms with E-state index in [2.05, 4.69) is 65.2 Å². The highest BCUT2D eigenvalue weighted by atomic mass is 17.2. The van der Waals surface area contributed by atoms with Crippen LogP contribution in [-0.2, 0) is 24.7 Å². The minimum absolute atomic E-state index is 0.0505. The van der Waals surface area contributed by atoms with Gasteiger partial charge in [0.2, 0.25) is 5.95 Å². The van der Waals surface area contributed by atoms with Crippen LogP contribution in [0, 0.1) is 11.8 Å². The van der Waals surface area contributed by atoms with E-state index in [1.807, 2.05) is 54.6 Å². The number of nitrogens with two attached hydrogens (primary N) is 1. The zero-order valence-electron chi connectivity index (χ0n) is 26.0. The molecular formula is C35H37N5O6. The van der Waals surface area contributed by atoms with E-state index in [1.54, 1.807) is 7.11 Å². The summed E-state index contributed by atoms with van der Waals surface area (Å²) in [6.45, 7) is 4.20. The molecule has 1 aliphatic carbocycles. The lowest BCUT2D eigenvalue weighted by Gasteiger charge is -2.44. The maximum Gasteiger partial charge on any atom is 0.280 e. The Morgan fingerprint density at radius 3 is 1.98 bits per heavy atom. The lowest BCUT2D eigenvalue weighted by atomic mass is 9.62. The molecule has 0 bridgehead atoms. The summed E-state index contributed by atoms with van der Waals surface area (Å²) < 4.78 is 14.9. The van der Waals surface area contributed by atoms with Crippen molar-refractivity contribution < 1.29 is 24.4 Å². The predicted molar refractivity (Wildman–Crippen MR) is 171 cm³/mol. The van der Waals surface area contributed by atoms with Gasteiger partial charge in [0.25, 0.3) is 5.56 Å². The number of nitrogens with one attached hydrogen (secondary N) is 1. The Morgan fingerprint density at radius 2 is 1.50 bits per heavy atom. The van der Waals surface area contributed by atoms with E-state index >= 15 is 0 Å². The van der Waals surface area contributed by atoms with Gasteiger partial charge in [-0.05, 0) is 22.6 Å². The van der Waals surface area contributed by atoms with Gasteiger partial charge in [0, 0.05) is 13.0 Å². The molecule has 2 fully saturated rings. The number of hydrogen-bond acceptors (Lipinski definition) is 9. The second kappa shape index (κ2) is 11.1. The van der Waals surface area contributed by atoms with E-state index in [4.69, 9.17) is 25.0 Å². The van der Waals surface area contributed by atoms with Crippen molar-refractivity contribution in [3.63, 3.8) is 0 Å². The minimum Gasteiger partial charge on any atom is -0.386 e. The second-order valence-corrected chi connectivity index (χ2v) is 12.3. The molecule has 3 heterocycles. The number of imidazole rings is 1. The molecule has 4 N–H and O–H groups in total. The molecule has 2 unspecified atom stereocenters. The van der Waals surface area contributed by atoms with Crippen LogP contribution in [0.4, 0.5) is 5.95 Å².